The molecular weight excluding hydrogens is 334 g/mol. The number of nitro benzene ring substituents is 1. The van der Waals surface area contributed by atoms with Crippen LogP contribution in [0.4, 0.5) is 11.4 Å². The van der Waals surface area contributed by atoms with Crippen molar-refractivity contribution < 1.29 is 15.1 Å². The van der Waals surface area contributed by atoms with E-state index in [1.54, 1.807) is 42.5 Å². The Balaban J connectivity index is 2.03. The summed E-state index contributed by atoms with van der Waals surface area (Å²) in [4.78, 5) is 10.7. The SMILES string of the molecule is O=[N+]([O-])c1ccccc1NN=C(c1ccc(O)cc1)c1ccc(O)cc1. The number of nitro groups is 1. The van der Waals surface area contributed by atoms with Gasteiger partial charge in [0.05, 0.1) is 10.6 Å². The highest BCUT2D eigenvalue weighted by Crippen LogP contribution is 2.24. The van der Waals surface area contributed by atoms with Crippen molar-refractivity contribution in [2.75, 3.05) is 5.43 Å². The van der Waals surface area contributed by atoms with E-state index in [1.165, 1.54) is 30.3 Å². The lowest BCUT2D eigenvalue weighted by Crippen LogP contribution is -2.07. The second-order valence-corrected chi connectivity index (χ2v) is 5.44. The van der Waals surface area contributed by atoms with Gasteiger partial charge in [0.2, 0.25) is 0 Å². The van der Waals surface area contributed by atoms with E-state index in [9.17, 15) is 20.3 Å². The van der Waals surface area contributed by atoms with Gasteiger partial charge in [-0.3, -0.25) is 15.5 Å². The van der Waals surface area contributed by atoms with Gasteiger partial charge in [-0.25, -0.2) is 0 Å². The number of aromatic hydroxyl groups is 2. The molecule has 26 heavy (non-hydrogen) atoms. The second-order valence-electron chi connectivity index (χ2n) is 5.44. The van der Waals surface area contributed by atoms with Gasteiger partial charge in [0.15, 0.2) is 0 Å². The van der Waals surface area contributed by atoms with Crippen molar-refractivity contribution in [1.82, 2.24) is 0 Å². The van der Waals surface area contributed by atoms with E-state index in [-0.39, 0.29) is 22.9 Å². The highest BCUT2D eigenvalue weighted by Gasteiger charge is 2.13. The molecule has 0 saturated carbocycles. The van der Waals surface area contributed by atoms with E-state index in [2.05, 4.69) is 10.5 Å². The fraction of sp³-hybridized carbons (Fsp3) is 0. The van der Waals surface area contributed by atoms with Gasteiger partial charge in [0, 0.05) is 17.2 Å². The van der Waals surface area contributed by atoms with Crippen molar-refractivity contribution in [3.8, 4) is 11.5 Å². The predicted octanol–water partition coefficient (Wildman–Crippen LogP) is 3.87. The molecular formula is C19H15N3O4. The molecule has 0 bridgehead atoms. The van der Waals surface area contributed by atoms with Crippen LogP contribution in [0.5, 0.6) is 11.5 Å². The molecule has 0 heterocycles. The number of para-hydroxylation sites is 2. The molecule has 3 aromatic rings. The Morgan fingerprint density at radius 1 is 0.846 bits per heavy atom. The number of hydrazone groups is 1. The second kappa shape index (κ2) is 7.35. The first-order valence-corrected chi connectivity index (χ1v) is 7.70. The van der Waals surface area contributed by atoms with E-state index in [0.29, 0.717) is 16.8 Å². The van der Waals surface area contributed by atoms with Crippen LogP contribution in [0, 0.1) is 10.1 Å². The third kappa shape index (κ3) is 3.78. The summed E-state index contributed by atoms with van der Waals surface area (Å²) >= 11 is 0. The number of benzene rings is 3. The van der Waals surface area contributed by atoms with Crippen molar-refractivity contribution in [2.45, 2.75) is 0 Å². The lowest BCUT2D eigenvalue weighted by Gasteiger charge is -2.09. The van der Waals surface area contributed by atoms with E-state index in [4.69, 9.17) is 0 Å². The summed E-state index contributed by atoms with van der Waals surface area (Å²) in [6, 6.07) is 19.0. The Kier molecular flexibility index (Phi) is 4.80. The fourth-order valence-corrected chi connectivity index (χ4v) is 2.38. The third-order valence-electron chi connectivity index (χ3n) is 3.67. The minimum Gasteiger partial charge on any atom is -0.508 e. The molecule has 0 radical (unpaired) electrons. The van der Waals surface area contributed by atoms with Gasteiger partial charge in [-0.2, -0.15) is 5.10 Å². The summed E-state index contributed by atoms with van der Waals surface area (Å²) in [6.45, 7) is 0. The van der Waals surface area contributed by atoms with E-state index in [1.807, 2.05) is 0 Å². The van der Waals surface area contributed by atoms with Gasteiger partial charge in [-0.1, -0.05) is 12.1 Å². The van der Waals surface area contributed by atoms with Crippen LogP contribution in [0.1, 0.15) is 11.1 Å². The summed E-state index contributed by atoms with van der Waals surface area (Å²) in [6.07, 6.45) is 0. The van der Waals surface area contributed by atoms with Crippen LogP contribution in [0.3, 0.4) is 0 Å². The van der Waals surface area contributed by atoms with Gasteiger partial charge in [0.25, 0.3) is 5.69 Å². The molecule has 0 unspecified atom stereocenters. The molecule has 3 N–H and O–H groups in total. The zero-order valence-corrected chi connectivity index (χ0v) is 13.5. The van der Waals surface area contributed by atoms with Crippen molar-refractivity contribution in [3.05, 3.63) is 94.0 Å². The summed E-state index contributed by atoms with van der Waals surface area (Å²) in [5, 5.41) is 34.5. The molecule has 3 rings (SSSR count). The number of nitrogens with zero attached hydrogens (tertiary/aromatic N) is 2. The summed E-state index contributed by atoms with van der Waals surface area (Å²) in [5.41, 5.74) is 4.80. The quantitative estimate of drug-likeness (QED) is 0.368. The van der Waals surface area contributed by atoms with Crippen LogP contribution < -0.4 is 5.43 Å². The highest BCUT2D eigenvalue weighted by atomic mass is 16.6. The van der Waals surface area contributed by atoms with Gasteiger partial charge >= 0.3 is 0 Å². The lowest BCUT2D eigenvalue weighted by molar-refractivity contribution is -0.384. The van der Waals surface area contributed by atoms with Crippen LogP contribution in [-0.2, 0) is 0 Å². The molecule has 0 atom stereocenters. The van der Waals surface area contributed by atoms with Crippen LogP contribution in [0.2, 0.25) is 0 Å². The van der Waals surface area contributed by atoms with Gasteiger partial charge < -0.3 is 10.2 Å². The standard InChI is InChI=1S/C19H15N3O4/c23-15-9-5-13(6-10-15)19(14-7-11-16(24)12-8-14)21-20-17-3-1-2-4-18(17)22(25)26/h1-12,20,23-24H. The maximum atomic E-state index is 11.1. The molecule has 0 aliphatic carbocycles. The molecule has 130 valence electrons. The van der Waals surface area contributed by atoms with Crippen LogP contribution in [0.25, 0.3) is 0 Å². The average molecular weight is 349 g/mol. The number of nitrogens with one attached hydrogen (secondary N) is 1. The number of anilines is 1. The fourth-order valence-electron chi connectivity index (χ4n) is 2.38. The molecule has 0 fully saturated rings. The van der Waals surface area contributed by atoms with Gasteiger partial charge in [-0.15, -0.1) is 0 Å². The zero-order chi connectivity index (χ0) is 18.5. The molecule has 0 aliphatic heterocycles. The predicted molar refractivity (Wildman–Crippen MR) is 98.6 cm³/mol. The van der Waals surface area contributed by atoms with E-state index >= 15 is 0 Å². The number of phenolic OH excluding ortho intramolecular Hbond substituents is 2. The zero-order valence-electron chi connectivity index (χ0n) is 13.5. The normalized spacial score (nSPS) is 10.2. The summed E-state index contributed by atoms with van der Waals surface area (Å²) < 4.78 is 0. The van der Waals surface area contributed by atoms with Gasteiger partial charge in [0.1, 0.15) is 17.2 Å². The molecule has 0 saturated heterocycles. The Hall–Kier alpha value is -3.87. The number of hydrogen-bond donors (Lipinski definition) is 3. The largest absolute Gasteiger partial charge is 0.508 e. The first-order chi connectivity index (χ1) is 12.5. The van der Waals surface area contributed by atoms with Crippen LogP contribution in [0.15, 0.2) is 77.9 Å². The first kappa shape index (κ1) is 17.0. The maximum absolute atomic E-state index is 11.1. The third-order valence-corrected chi connectivity index (χ3v) is 3.67. The van der Waals surface area contributed by atoms with E-state index < -0.39 is 4.92 Å². The number of rotatable bonds is 5. The molecule has 0 amide bonds. The van der Waals surface area contributed by atoms with Crippen molar-refractivity contribution in [1.29, 1.82) is 0 Å². The number of phenols is 2. The van der Waals surface area contributed by atoms with Crippen molar-refractivity contribution in [2.24, 2.45) is 5.10 Å². The molecule has 7 nitrogen and oxygen atoms in total. The Morgan fingerprint density at radius 3 is 1.85 bits per heavy atom. The monoisotopic (exact) mass is 349 g/mol. The topological polar surface area (TPSA) is 108 Å². The average Bonchev–Trinajstić information content (AvgIpc) is 2.65. The minimum atomic E-state index is -0.487. The molecule has 7 heteroatoms. The van der Waals surface area contributed by atoms with E-state index in [0.717, 1.165) is 0 Å². The van der Waals surface area contributed by atoms with Gasteiger partial charge in [-0.05, 0) is 54.6 Å². The highest BCUT2D eigenvalue weighted by molar-refractivity contribution is 6.13. The smallest absolute Gasteiger partial charge is 0.294 e. The molecule has 0 spiro atoms. The van der Waals surface area contributed by atoms with Crippen LogP contribution in [-0.4, -0.2) is 20.8 Å². The van der Waals surface area contributed by atoms with Crippen LogP contribution >= 0.6 is 0 Å². The Morgan fingerprint density at radius 2 is 1.35 bits per heavy atom. The lowest BCUT2D eigenvalue weighted by atomic mass is 10.0. The van der Waals surface area contributed by atoms with Crippen molar-refractivity contribution in [3.63, 3.8) is 0 Å². The first-order valence-electron chi connectivity index (χ1n) is 7.70. The van der Waals surface area contributed by atoms with Crippen molar-refractivity contribution >= 4 is 17.1 Å². The Labute approximate surface area is 149 Å². The number of hydrogen-bond acceptors (Lipinski definition) is 6. The molecule has 3 aromatic carbocycles. The summed E-state index contributed by atoms with van der Waals surface area (Å²) in [5.74, 6) is 0.232. The molecule has 0 aliphatic rings. The summed E-state index contributed by atoms with van der Waals surface area (Å²) in [7, 11) is 0. The molecule has 0 aromatic heterocycles. The maximum Gasteiger partial charge on any atom is 0.294 e. The minimum absolute atomic E-state index is 0.0907. The Bertz CT molecular complexity index is 904.